The van der Waals surface area contributed by atoms with Gasteiger partial charge >= 0.3 is 0 Å². The Hall–Kier alpha value is -0.650. The van der Waals surface area contributed by atoms with E-state index in [0.717, 1.165) is 13.1 Å². The molecule has 0 rings (SSSR count). The lowest BCUT2D eigenvalue weighted by Crippen LogP contribution is -2.53. The largest absolute Gasteiger partial charge is 0.377 e. The molecule has 0 aliphatic carbocycles. The van der Waals surface area contributed by atoms with E-state index in [9.17, 15) is 4.79 Å². The number of hydrogen-bond donors (Lipinski definition) is 2. The van der Waals surface area contributed by atoms with Crippen LogP contribution >= 0.6 is 0 Å². The van der Waals surface area contributed by atoms with Gasteiger partial charge in [-0.2, -0.15) is 0 Å². The predicted molar refractivity (Wildman–Crippen MR) is 69.9 cm³/mol. The fourth-order valence-electron chi connectivity index (χ4n) is 1.34. The fourth-order valence-corrected chi connectivity index (χ4v) is 1.34. The zero-order valence-electron chi connectivity index (χ0n) is 11.7. The molecule has 0 spiro atoms. The van der Waals surface area contributed by atoms with Gasteiger partial charge in [0, 0.05) is 13.1 Å². The molecule has 0 saturated heterocycles. The number of primary amides is 1. The van der Waals surface area contributed by atoms with Gasteiger partial charge in [-0.25, -0.2) is 0 Å². The van der Waals surface area contributed by atoms with E-state index in [2.05, 4.69) is 10.2 Å². The number of nitrogens with zero attached hydrogens (tertiary/aromatic N) is 1. The lowest BCUT2D eigenvalue weighted by atomic mass is 9.97. The number of nitrogens with one attached hydrogen (secondary N) is 1. The van der Waals surface area contributed by atoms with Crippen LogP contribution in [-0.4, -0.2) is 56.2 Å². The van der Waals surface area contributed by atoms with Crippen molar-refractivity contribution in [3.8, 4) is 0 Å². The van der Waals surface area contributed by atoms with Gasteiger partial charge < -0.3 is 20.7 Å². The molecule has 1 unspecified atom stereocenters. The molecule has 1 amide bonds. The molecule has 0 aromatic carbocycles. The number of rotatable bonds is 9. The van der Waals surface area contributed by atoms with E-state index < -0.39 is 5.54 Å². The molecular formula is C12H27N3O2. The molecule has 17 heavy (non-hydrogen) atoms. The van der Waals surface area contributed by atoms with Crippen molar-refractivity contribution in [1.29, 1.82) is 0 Å². The van der Waals surface area contributed by atoms with Crippen LogP contribution in [0.5, 0.6) is 0 Å². The minimum absolute atomic E-state index is 0.261. The lowest BCUT2D eigenvalue weighted by Gasteiger charge is -2.28. The normalized spacial score (nSPS) is 15.2. The van der Waals surface area contributed by atoms with Crippen molar-refractivity contribution in [2.45, 2.75) is 38.8 Å². The van der Waals surface area contributed by atoms with E-state index in [4.69, 9.17) is 10.5 Å². The first kappa shape index (κ1) is 16.4. The third-order valence-corrected chi connectivity index (χ3v) is 3.01. The first-order chi connectivity index (χ1) is 7.81. The van der Waals surface area contributed by atoms with Crippen molar-refractivity contribution in [3.63, 3.8) is 0 Å². The van der Waals surface area contributed by atoms with Crippen molar-refractivity contribution in [3.05, 3.63) is 0 Å². The van der Waals surface area contributed by atoms with Gasteiger partial charge in [0.25, 0.3) is 0 Å². The number of carbonyl (C=O) groups is 1. The van der Waals surface area contributed by atoms with Crippen LogP contribution in [0.4, 0.5) is 0 Å². The standard InChI is InChI=1S/C12H27N3O2/c1-10(2)17-9-8-15(5)7-6-12(3,14-4)11(13)16/h10,14H,6-9H2,1-5H3,(H2,13,16). The number of nitrogens with two attached hydrogens (primary N) is 1. The van der Waals surface area contributed by atoms with E-state index in [-0.39, 0.29) is 12.0 Å². The average molecular weight is 245 g/mol. The van der Waals surface area contributed by atoms with Crippen LogP contribution in [0, 0.1) is 0 Å². The van der Waals surface area contributed by atoms with Crippen LogP contribution in [0.15, 0.2) is 0 Å². The minimum Gasteiger partial charge on any atom is -0.377 e. The summed E-state index contributed by atoms with van der Waals surface area (Å²) in [4.78, 5) is 13.4. The smallest absolute Gasteiger partial charge is 0.237 e. The molecule has 102 valence electrons. The second-order valence-corrected chi connectivity index (χ2v) is 4.92. The maximum atomic E-state index is 11.3. The average Bonchev–Trinajstić information content (AvgIpc) is 2.25. The van der Waals surface area contributed by atoms with Crippen molar-refractivity contribution in [1.82, 2.24) is 10.2 Å². The van der Waals surface area contributed by atoms with E-state index in [0.29, 0.717) is 13.0 Å². The van der Waals surface area contributed by atoms with Gasteiger partial charge in [-0.1, -0.05) is 0 Å². The maximum Gasteiger partial charge on any atom is 0.237 e. The SMILES string of the molecule is CNC(C)(CCN(C)CCOC(C)C)C(N)=O. The minimum atomic E-state index is -0.632. The van der Waals surface area contributed by atoms with Gasteiger partial charge in [0.2, 0.25) is 5.91 Å². The number of amides is 1. The summed E-state index contributed by atoms with van der Waals surface area (Å²) in [6.45, 7) is 8.24. The molecular weight excluding hydrogens is 218 g/mol. The quantitative estimate of drug-likeness (QED) is 0.609. The van der Waals surface area contributed by atoms with Crippen LogP contribution in [0.2, 0.25) is 0 Å². The number of carbonyl (C=O) groups excluding carboxylic acids is 1. The highest BCUT2D eigenvalue weighted by molar-refractivity contribution is 5.84. The van der Waals surface area contributed by atoms with Crippen molar-refractivity contribution in [2.24, 2.45) is 5.73 Å². The summed E-state index contributed by atoms with van der Waals surface area (Å²) in [5, 5.41) is 2.98. The summed E-state index contributed by atoms with van der Waals surface area (Å²) < 4.78 is 5.47. The van der Waals surface area contributed by atoms with E-state index in [1.54, 1.807) is 7.05 Å². The Balaban J connectivity index is 3.89. The fraction of sp³-hybridized carbons (Fsp3) is 0.917. The Morgan fingerprint density at radius 3 is 2.47 bits per heavy atom. The lowest BCUT2D eigenvalue weighted by molar-refractivity contribution is -0.124. The van der Waals surface area contributed by atoms with Gasteiger partial charge in [-0.3, -0.25) is 4.79 Å². The highest BCUT2D eigenvalue weighted by Crippen LogP contribution is 2.08. The molecule has 0 aromatic rings. The van der Waals surface area contributed by atoms with Crippen molar-refractivity contribution < 1.29 is 9.53 Å². The maximum absolute atomic E-state index is 11.3. The Bertz CT molecular complexity index is 234. The molecule has 1 atom stereocenters. The monoisotopic (exact) mass is 245 g/mol. The van der Waals surface area contributed by atoms with Crippen LogP contribution < -0.4 is 11.1 Å². The number of likely N-dealkylation sites (N-methyl/N-ethyl adjacent to an activating group) is 2. The summed E-state index contributed by atoms with van der Waals surface area (Å²) in [5.74, 6) is -0.313. The molecule has 0 aliphatic heterocycles. The van der Waals surface area contributed by atoms with E-state index in [1.165, 1.54) is 0 Å². The van der Waals surface area contributed by atoms with Gasteiger partial charge in [0.1, 0.15) is 0 Å². The summed E-state index contributed by atoms with van der Waals surface area (Å²) in [6, 6.07) is 0. The molecule has 0 fully saturated rings. The third-order valence-electron chi connectivity index (χ3n) is 3.01. The van der Waals surface area contributed by atoms with Crippen LogP contribution in [0.3, 0.4) is 0 Å². The van der Waals surface area contributed by atoms with Crippen LogP contribution in [-0.2, 0) is 9.53 Å². The predicted octanol–water partition coefficient (Wildman–Crippen LogP) is 0.197. The Kier molecular flexibility index (Phi) is 7.34. The second-order valence-electron chi connectivity index (χ2n) is 4.92. The summed E-state index contributed by atoms with van der Waals surface area (Å²) >= 11 is 0. The Morgan fingerprint density at radius 2 is 2.06 bits per heavy atom. The zero-order chi connectivity index (χ0) is 13.5. The molecule has 0 heterocycles. The molecule has 0 saturated carbocycles. The summed E-state index contributed by atoms with van der Waals surface area (Å²) in [7, 11) is 3.77. The van der Waals surface area contributed by atoms with Gasteiger partial charge in [-0.05, 0) is 41.3 Å². The molecule has 5 nitrogen and oxygen atoms in total. The van der Waals surface area contributed by atoms with Gasteiger partial charge in [0.05, 0.1) is 18.2 Å². The summed E-state index contributed by atoms with van der Waals surface area (Å²) in [6.07, 6.45) is 0.952. The van der Waals surface area contributed by atoms with E-state index in [1.807, 2.05) is 27.8 Å². The molecule has 3 N–H and O–H groups in total. The van der Waals surface area contributed by atoms with Gasteiger partial charge in [-0.15, -0.1) is 0 Å². The summed E-state index contributed by atoms with van der Waals surface area (Å²) in [5.41, 5.74) is 4.73. The van der Waals surface area contributed by atoms with Crippen molar-refractivity contribution in [2.75, 3.05) is 33.8 Å². The van der Waals surface area contributed by atoms with Crippen LogP contribution in [0.1, 0.15) is 27.2 Å². The highest BCUT2D eigenvalue weighted by Gasteiger charge is 2.28. The topological polar surface area (TPSA) is 67.6 Å². The molecule has 0 aromatic heterocycles. The van der Waals surface area contributed by atoms with Crippen molar-refractivity contribution >= 4 is 5.91 Å². The zero-order valence-corrected chi connectivity index (χ0v) is 11.7. The first-order valence-electron chi connectivity index (χ1n) is 6.11. The molecule has 0 aliphatic rings. The van der Waals surface area contributed by atoms with Gasteiger partial charge in [0.15, 0.2) is 0 Å². The Morgan fingerprint density at radius 1 is 1.47 bits per heavy atom. The Labute approximate surface area is 105 Å². The first-order valence-corrected chi connectivity index (χ1v) is 6.11. The second kappa shape index (κ2) is 7.63. The molecule has 5 heteroatoms. The number of ether oxygens (including phenoxy) is 1. The van der Waals surface area contributed by atoms with Crippen LogP contribution in [0.25, 0.3) is 0 Å². The van der Waals surface area contributed by atoms with E-state index >= 15 is 0 Å². The molecule has 0 bridgehead atoms. The highest BCUT2D eigenvalue weighted by atomic mass is 16.5. The third kappa shape index (κ3) is 6.61. The number of hydrogen-bond acceptors (Lipinski definition) is 4. The molecule has 0 radical (unpaired) electrons.